The van der Waals surface area contributed by atoms with Crippen LogP contribution in [0.3, 0.4) is 0 Å². The number of nitrogens with one attached hydrogen (secondary N) is 2. The first-order valence-corrected chi connectivity index (χ1v) is 8.85. The van der Waals surface area contributed by atoms with E-state index in [4.69, 9.17) is 25.5 Å². The second-order valence-corrected chi connectivity index (χ2v) is 6.45. The van der Waals surface area contributed by atoms with Gasteiger partial charge in [-0.1, -0.05) is 11.6 Å². The maximum absolute atomic E-state index is 12.1. The second kappa shape index (κ2) is 8.66. The molecule has 1 heterocycles. The fraction of sp³-hybridized carbons (Fsp3) is 0.150. The van der Waals surface area contributed by atoms with Crippen molar-refractivity contribution in [1.29, 1.82) is 0 Å². The van der Waals surface area contributed by atoms with Gasteiger partial charge in [-0.2, -0.15) is 0 Å². The van der Waals surface area contributed by atoms with Crippen LogP contribution >= 0.6 is 11.6 Å². The Bertz CT molecular complexity index is 1120. The van der Waals surface area contributed by atoms with Gasteiger partial charge in [-0.3, -0.25) is 9.59 Å². The Labute approximate surface area is 170 Å². The Morgan fingerprint density at radius 1 is 1.07 bits per heavy atom. The summed E-state index contributed by atoms with van der Waals surface area (Å²) >= 11 is 5.81. The van der Waals surface area contributed by atoms with Crippen LogP contribution in [0.5, 0.6) is 11.5 Å². The number of ether oxygens (including phenoxy) is 2. The molecule has 29 heavy (non-hydrogen) atoms. The molecule has 3 aromatic rings. The van der Waals surface area contributed by atoms with E-state index in [1.807, 2.05) is 0 Å². The summed E-state index contributed by atoms with van der Waals surface area (Å²) in [5.74, 6) is -0.228. The molecule has 3 rings (SSSR count). The molecule has 2 amide bonds. The SMILES string of the molecule is COc1cc2cc(NC(C)=O)c(=O)oc2cc1OCC(=O)Nc1ccc(Cl)cc1. The van der Waals surface area contributed by atoms with Gasteiger partial charge in [-0.05, 0) is 36.4 Å². The standard InChI is InChI=1S/C20H17ClN2O6/c1-11(24)22-15-7-12-8-17(27-2)18(9-16(12)29-20(15)26)28-10-19(25)23-14-5-3-13(21)4-6-14/h3-9H,10H2,1-2H3,(H,22,24)(H,23,25). The van der Waals surface area contributed by atoms with E-state index in [0.717, 1.165) is 0 Å². The normalized spacial score (nSPS) is 10.4. The number of hydrogen-bond acceptors (Lipinski definition) is 6. The number of anilines is 2. The molecular weight excluding hydrogens is 400 g/mol. The Morgan fingerprint density at radius 3 is 2.45 bits per heavy atom. The average Bonchev–Trinajstić information content (AvgIpc) is 2.68. The number of hydrogen-bond donors (Lipinski definition) is 2. The van der Waals surface area contributed by atoms with Gasteiger partial charge >= 0.3 is 5.63 Å². The number of carbonyl (C=O) groups excluding carboxylic acids is 2. The summed E-state index contributed by atoms with van der Waals surface area (Å²) in [4.78, 5) is 35.3. The monoisotopic (exact) mass is 416 g/mol. The van der Waals surface area contributed by atoms with Crippen molar-refractivity contribution in [3.8, 4) is 11.5 Å². The molecule has 0 unspecified atom stereocenters. The van der Waals surface area contributed by atoms with Crippen molar-refractivity contribution in [3.63, 3.8) is 0 Å². The van der Waals surface area contributed by atoms with Gasteiger partial charge in [0.25, 0.3) is 5.91 Å². The quantitative estimate of drug-likeness (QED) is 0.596. The van der Waals surface area contributed by atoms with Crippen molar-refractivity contribution in [2.75, 3.05) is 24.4 Å². The summed E-state index contributed by atoms with van der Waals surface area (Å²) in [5, 5.41) is 6.15. The molecule has 8 nitrogen and oxygen atoms in total. The second-order valence-electron chi connectivity index (χ2n) is 6.01. The molecule has 150 valence electrons. The lowest BCUT2D eigenvalue weighted by molar-refractivity contribution is -0.118. The van der Waals surface area contributed by atoms with Crippen LogP contribution in [0, 0.1) is 0 Å². The number of rotatable bonds is 6. The van der Waals surface area contributed by atoms with Crippen LogP contribution in [0.1, 0.15) is 6.92 Å². The van der Waals surface area contributed by atoms with Gasteiger partial charge in [0, 0.05) is 29.1 Å². The molecule has 0 spiro atoms. The zero-order valence-corrected chi connectivity index (χ0v) is 16.3. The number of fused-ring (bicyclic) bond motifs is 1. The van der Waals surface area contributed by atoms with Crippen LogP contribution in [0.15, 0.2) is 51.7 Å². The molecular formula is C20H17ClN2O6. The summed E-state index contributed by atoms with van der Waals surface area (Å²) in [5.41, 5.74) is 0.107. The minimum absolute atomic E-state index is 0.0167. The van der Waals surface area contributed by atoms with E-state index < -0.39 is 17.4 Å². The molecule has 1 aromatic heterocycles. The Balaban J connectivity index is 1.79. The summed E-state index contributed by atoms with van der Waals surface area (Å²) < 4.78 is 16.1. The maximum atomic E-state index is 12.1. The lowest BCUT2D eigenvalue weighted by atomic mass is 10.2. The van der Waals surface area contributed by atoms with Gasteiger partial charge in [-0.15, -0.1) is 0 Å². The number of carbonyl (C=O) groups is 2. The molecule has 0 atom stereocenters. The first-order valence-electron chi connectivity index (χ1n) is 8.47. The van der Waals surface area contributed by atoms with Crippen LogP contribution in [0.4, 0.5) is 11.4 Å². The molecule has 0 radical (unpaired) electrons. The lowest BCUT2D eigenvalue weighted by Gasteiger charge is -2.12. The minimum Gasteiger partial charge on any atom is -0.493 e. The van der Waals surface area contributed by atoms with Crippen molar-refractivity contribution in [2.24, 2.45) is 0 Å². The van der Waals surface area contributed by atoms with E-state index in [1.54, 1.807) is 30.3 Å². The van der Waals surface area contributed by atoms with Crippen molar-refractivity contribution in [3.05, 3.63) is 57.9 Å². The van der Waals surface area contributed by atoms with Crippen LogP contribution < -0.4 is 25.7 Å². The molecule has 2 N–H and O–H groups in total. The first-order chi connectivity index (χ1) is 13.9. The molecule has 0 aliphatic carbocycles. The third-order valence-corrected chi connectivity index (χ3v) is 4.07. The molecule has 2 aromatic carbocycles. The zero-order valence-electron chi connectivity index (χ0n) is 15.6. The summed E-state index contributed by atoms with van der Waals surface area (Å²) in [6, 6.07) is 11.1. The largest absolute Gasteiger partial charge is 0.493 e. The van der Waals surface area contributed by atoms with Gasteiger partial charge in [0.15, 0.2) is 18.1 Å². The Kier molecular flexibility index (Phi) is 6.04. The maximum Gasteiger partial charge on any atom is 0.360 e. The third kappa shape index (κ3) is 5.05. The fourth-order valence-electron chi connectivity index (χ4n) is 2.55. The van der Waals surface area contributed by atoms with E-state index in [9.17, 15) is 14.4 Å². The summed E-state index contributed by atoms with van der Waals surface area (Å²) in [7, 11) is 1.44. The smallest absolute Gasteiger partial charge is 0.360 e. The molecule has 0 saturated carbocycles. The molecule has 9 heteroatoms. The van der Waals surface area contributed by atoms with Crippen molar-refractivity contribution in [2.45, 2.75) is 6.92 Å². The average molecular weight is 417 g/mol. The zero-order chi connectivity index (χ0) is 21.0. The highest BCUT2D eigenvalue weighted by Gasteiger charge is 2.14. The lowest BCUT2D eigenvalue weighted by Crippen LogP contribution is -2.20. The predicted molar refractivity (Wildman–Crippen MR) is 109 cm³/mol. The fourth-order valence-corrected chi connectivity index (χ4v) is 2.68. The van der Waals surface area contributed by atoms with E-state index in [0.29, 0.717) is 21.8 Å². The molecule has 0 saturated heterocycles. The number of methoxy groups -OCH3 is 1. The Morgan fingerprint density at radius 2 is 1.79 bits per heavy atom. The Hall–Kier alpha value is -3.52. The van der Waals surface area contributed by atoms with Crippen LogP contribution in [-0.4, -0.2) is 25.5 Å². The summed E-state index contributed by atoms with van der Waals surface area (Å²) in [6.07, 6.45) is 0. The number of amides is 2. The first kappa shape index (κ1) is 20.2. The minimum atomic E-state index is -0.704. The van der Waals surface area contributed by atoms with E-state index >= 15 is 0 Å². The van der Waals surface area contributed by atoms with E-state index in [2.05, 4.69) is 10.6 Å². The van der Waals surface area contributed by atoms with Crippen molar-refractivity contribution < 1.29 is 23.5 Å². The highest BCUT2D eigenvalue weighted by molar-refractivity contribution is 6.30. The van der Waals surface area contributed by atoms with Gasteiger partial charge in [0.05, 0.1) is 7.11 Å². The van der Waals surface area contributed by atoms with E-state index in [-0.39, 0.29) is 23.6 Å². The summed E-state index contributed by atoms with van der Waals surface area (Å²) in [6.45, 7) is 0.995. The highest BCUT2D eigenvalue weighted by atomic mass is 35.5. The number of halogens is 1. The van der Waals surface area contributed by atoms with Gasteiger partial charge in [0.2, 0.25) is 5.91 Å². The number of benzene rings is 2. The van der Waals surface area contributed by atoms with Crippen molar-refractivity contribution >= 4 is 45.8 Å². The van der Waals surface area contributed by atoms with Gasteiger partial charge in [0.1, 0.15) is 11.3 Å². The van der Waals surface area contributed by atoms with E-state index in [1.165, 1.54) is 26.2 Å². The molecule has 0 aliphatic rings. The molecule has 0 fully saturated rings. The van der Waals surface area contributed by atoms with Crippen molar-refractivity contribution in [1.82, 2.24) is 0 Å². The van der Waals surface area contributed by atoms with Gasteiger partial charge in [-0.25, -0.2) is 4.79 Å². The predicted octanol–water partition coefficient (Wildman–Crippen LogP) is 3.43. The molecule has 0 aliphatic heterocycles. The van der Waals surface area contributed by atoms with Gasteiger partial charge < -0.3 is 24.5 Å². The van der Waals surface area contributed by atoms with Crippen LogP contribution in [0.2, 0.25) is 5.02 Å². The van der Waals surface area contributed by atoms with Crippen LogP contribution in [-0.2, 0) is 9.59 Å². The topological polar surface area (TPSA) is 107 Å². The third-order valence-electron chi connectivity index (χ3n) is 3.82. The molecule has 0 bridgehead atoms. The highest BCUT2D eigenvalue weighted by Crippen LogP contribution is 2.32. The van der Waals surface area contributed by atoms with Crippen LogP contribution in [0.25, 0.3) is 11.0 Å².